The van der Waals surface area contributed by atoms with Crippen molar-refractivity contribution in [1.82, 2.24) is 19.1 Å². The molecule has 3 rings (SSSR count). The Morgan fingerprint density at radius 3 is 1.05 bits per heavy atom. The molecule has 0 amide bonds. The molecule has 0 aliphatic carbocycles. The molecule has 3 saturated heterocycles. The zero-order valence-corrected chi connectivity index (χ0v) is 14.8. The summed E-state index contributed by atoms with van der Waals surface area (Å²) in [4.78, 5) is 0. The van der Waals surface area contributed by atoms with E-state index in [1.165, 1.54) is 97.1 Å². The van der Waals surface area contributed by atoms with Crippen molar-refractivity contribution in [3.8, 4) is 0 Å². The Morgan fingerprint density at radius 1 is 0.524 bits per heavy atom. The highest BCUT2D eigenvalue weighted by atomic mass is 31.2. The van der Waals surface area contributed by atoms with Crippen molar-refractivity contribution in [1.29, 1.82) is 0 Å². The van der Waals surface area contributed by atoms with Crippen molar-refractivity contribution in [2.45, 2.75) is 57.8 Å². The molecule has 0 aromatic carbocycles. The zero-order chi connectivity index (χ0) is 14.5. The van der Waals surface area contributed by atoms with Crippen molar-refractivity contribution in [3.05, 3.63) is 0 Å². The molecule has 1 N–H and O–H groups in total. The van der Waals surface area contributed by atoms with E-state index in [1.54, 1.807) is 0 Å². The monoisotopic (exact) mass is 313 g/mol. The molecule has 21 heavy (non-hydrogen) atoms. The molecule has 0 saturated carbocycles. The highest BCUT2D eigenvalue weighted by molar-refractivity contribution is 7.67. The lowest BCUT2D eigenvalue weighted by molar-refractivity contribution is 0.233. The van der Waals surface area contributed by atoms with E-state index in [2.05, 4.69) is 26.1 Å². The van der Waals surface area contributed by atoms with Gasteiger partial charge in [0.15, 0.2) is 0 Å². The standard InChI is InChI=1S/C16H34N4P/c1-17-21(18-11-5-2-6-12-18,19-13-7-3-8-14-19)20-15-9-4-10-16-20/h17H,2-16H2,1H3/q+1. The van der Waals surface area contributed by atoms with Gasteiger partial charge in [0.05, 0.1) is 0 Å². The lowest BCUT2D eigenvalue weighted by Crippen LogP contribution is -2.54. The molecular weight excluding hydrogens is 279 g/mol. The third-order valence-corrected chi connectivity index (χ3v) is 9.65. The van der Waals surface area contributed by atoms with E-state index < -0.39 is 7.87 Å². The number of nitrogens with one attached hydrogen (secondary N) is 1. The Bertz CT molecular complexity index is 262. The molecule has 5 heteroatoms. The van der Waals surface area contributed by atoms with Crippen LogP contribution >= 0.6 is 7.87 Å². The maximum absolute atomic E-state index is 3.91. The van der Waals surface area contributed by atoms with Crippen LogP contribution in [0.25, 0.3) is 0 Å². The second-order valence-electron chi connectivity index (χ2n) is 6.83. The SMILES string of the molecule is CN[P+](N1CCCCC1)(N1CCCCC1)N1CCCCC1. The van der Waals surface area contributed by atoms with Crippen molar-refractivity contribution in [2.24, 2.45) is 0 Å². The van der Waals surface area contributed by atoms with Crippen LogP contribution in [0.2, 0.25) is 0 Å². The lowest BCUT2D eigenvalue weighted by atomic mass is 10.2. The lowest BCUT2D eigenvalue weighted by Gasteiger charge is -2.49. The van der Waals surface area contributed by atoms with E-state index in [0.29, 0.717) is 0 Å². The fraction of sp³-hybridized carbons (Fsp3) is 1.00. The number of hydrogen-bond acceptors (Lipinski definition) is 4. The molecule has 3 aliphatic heterocycles. The predicted octanol–water partition coefficient (Wildman–Crippen LogP) is 3.34. The number of nitrogens with zero attached hydrogens (tertiary/aromatic N) is 3. The minimum absolute atomic E-state index is 1.31. The number of rotatable bonds is 4. The third kappa shape index (κ3) is 3.30. The topological polar surface area (TPSA) is 21.8 Å². The fourth-order valence-corrected chi connectivity index (χ4v) is 8.87. The van der Waals surface area contributed by atoms with Crippen LogP contribution in [0, 0.1) is 0 Å². The van der Waals surface area contributed by atoms with Gasteiger partial charge in [-0.15, -0.1) is 19.1 Å². The maximum atomic E-state index is 3.91. The Kier molecular flexibility index (Phi) is 5.92. The Hall–Kier alpha value is 0.270. The normalized spacial score (nSPS) is 27.9. The third-order valence-electron chi connectivity index (χ3n) is 5.48. The van der Waals surface area contributed by atoms with Crippen LogP contribution in [0.3, 0.4) is 0 Å². The van der Waals surface area contributed by atoms with Gasteiger partial charge in [-0.05, 0) is 38.5 Å². The summed E-state index contributed by atoms with van der Waals surface area (Å²) in [5.41, 5.74) is 0. The summed E-state index contributed by atoms with van der Waals surface area (Å²) in [6.45, 7) is 7.84. The van der Waals surface area contributed by atoms with E-state index in [9.17, 15) is 0 Å². The Balaban J connectivity index is 1.85. The van der Waals surface area contributed by atoms with Gasteiger partial charge in [-0.25, -0.2) is 0 Å². The van der Waals surface area contributed by atoms with Gasteiger partial charge in [0.2, 0.25) is 0 Å². The zero-order valence-electron chi connectivity index (χ0n) is 13.9. The van der Waals surface area contributed by atoms with Crippen molar-refractivity contribution in [3.63, 3.8) is 0 Å². The quantitative estimate of drug-likeness (QED) is 0.804. The maximum Gasteiger partial charge on any atom is 0.305 e. The Labute approximate surface area is 131 Å². The van der Waals surface area contributed by atoms with Crippen molar-refractivity contribution >= 4 is 7.87 Å². The minimum atomic E-state index is -1.45. The molecule has 122 valence electrons. The van der Waals surface area contributed by atoms with E-state index >= 15 is 0 Å². The smallest absolute Gasteiger partial charge is 0.149 e. The Morgan fingerprint density at radius 2 is 0.810 bits per heavy atom. The first-order valence-electron chi connectivity index (χ1n) is 9.22. The van der Waals surface area contributed by atoms with Gasteiger partial charge < -0.3 is 0 Å². The van der Waals surface area contributed by atoms with Crippen LogP contribution in [-0.4, -0.2) is 60.3 Å². The molecule has 0 aromatic rings. The van der Waals surface area contributed by atoms with Gasteiger partial charge in [-0.1, -0.05) is 19.3 Å². The first kappa shape index (κ1) is 16.1. The summed E-state index contributed by atoms with van der Waals surface area (Å²) in [6, 6.07) is 0. The molecule has 3 aliphatic rings. The van der Waals surface area contributed by atoms with Crippen LogP contribution in [0.1, 0.15) is 57.8 Å². The summed E-state index contributed by atoms with van der Waals surface area (Å²) >= 11 is 0. The largest absolute Gasteiger partial charge is 0.305 e. The second kappa shape index (κ2) is 7.70. The van der Waals surface area contributed by atoms with Crippen LogP contribution < -0.4 is 5.09 Å². The molecule has 3 heterocycles. The minimum Gasteiger partial charge on any atom is -0.149 e. The summed E-state index contributed by atoms with van der Waals surface area (Å²) in [6.07, 6.45) is 12.7. The van der Waals surface area contributed by atoms with Crippen molar-refractivity contribution in [2.75, 3.05) is 46.3 Å². The van der Waals surface area contributed by atoms with E-state index in [1.807, 2.05) is 0 Å². The molecule has 0 bridgehead atoms. The molecule has 0 spiro atoms. The second-order valence-corrected chi connectivity index (χ2v) is 10.1. The molecule has 3 fully saturated rings. The number of piperidine rings is 3. The highest BCUT2D eigenvalue weighted by Gasteiger charge is 2.56. The van der Waals surface area contributed by atoms with Crippen LogP contribution in [0.4, 0.5) is 0 Å². The first-order chi connectivity index (χ1) is 10.4. The van der Waals surface area contributed by atoms with E-state index in [0.717, 1.165) is 0 Å². The van der Waals surface area contributed by atoms with Crippen molar-refractivity contribution < 1.29 is 0 Å². The average molecular weight is 313 g/mol. The van der Waals surface area contributed by atoms with Gasteiger partial charge in [0, 0.05) is 46.3 Å². The van der Waals surface area contributed by atoms with Gasteiger partial charge in [0.1, 0.15) is 0 Å². The van der Waals surface area contributed by atoms with Gasteiger partial charge in [-0.3, -0.25) is 0 Å². The van der Waals surface area contributed by atoms with Crippen LogP contribution in [0.15, 0.2) is 0 Å². The summed E-state index contributed by atoms with van der Waals surface area (Å²) < 4.78 is 8.60. The van der Waals surface area contributed by atoms with Crippen LogP contribution in [-0.2, 0) is 0 Å². The molecule has 0 unspecified atom stereocenters. The average Bonchev–Trinajstić information content (AvgIpc) is 2.59. The number of hydrogen-bond donors (Lipinski definition) is 1. The summed E-state index contributed by atoms with van der Waals surface area (Å²) in [5.74, 6) is 0. The molecular formula is C16H34N4P+. The van der Waals surface area contributed by atoms with Gasteiger partial charge >= 0.3 is 7.87 Å². The van der Waals surface area contributed by atoms with Gasteiger partial charge in [0.25, 0.3) is 0 Å². The molecule has 0 atom stereocenters. The van der Waals surface area contributed by atoms with Crippen LogP contribution in [0.5, 0.6) is 0 Å². The molecule has 0 aromatic heterocycles. The summed E-state index contributed by atoms with van der Waals surface area (Å²) in [7, 11) is 0.788. The first-order valence-corrected chi connectivity index (χ1v) is 10.9. The highest BCUT2D eigenvalue weighted by Crippen LogP contribution is 2.65. The fourth-order valence-electron chi connectivity index (χ4n) is 4.43. The molecule has 0 radical (unpaired) electrons. The van der Waals surface area contributed by atoms with Gasteiger partial charge in [-0.2, -0.15) is 0 Å². The van der Waals surface area contributed by atoms with E-state index in [-0.39, 0.29) is 0 Å². The summed E-state index contributed by atoms with van der Waals surface area (Å²) in [5, 5.41) is 3.91. The predicted molar refractivity (Wildman–Crippen MR) is 92.3 cm³/mol. The molecule has 4 nitrogen and oxygen atoms in total. The van der Waals surface area contributed by atoms with E-state index in [4.69, 9.17) is 0 Å².